The van der Waals surface area contributed by atoms with E-state index in [0.717, 1.165) is 26.0 Å². The Hall–Kier alpha value is -0.740. The topological polar surface area (TPSA) is 30.0 Å². The van der Waals surface area contributed by atoms with Gasteiger partial charge in [-0.15, -0.1) is 11.3 Å². The molecule has 0 unspecified atom stereocenters. The van der Waals surface area contributed by atoms with E-state index in [1.165, 1.54) is 11.3 Å². The number of halogens is 1. The van der Waals surface area contributed by atoms with E-state index in [2.05, 4.69) is 20.9 Å². The van der Waals surface area contributed by atoms with Crippen molar-refractivity contribution in [1.82, 2.24) is 4.98 Å². The zero-order chi connectivity index (χ0) is 8.55. The third-order valence-corrected chi connectivity index (χ3v) is 2.93. The van der Waals surface area contributed by atoms with Crippen LogP contribution in [0.1, 0.15) is 9.67 Å². The van der Waals surface area contributed by atoms with Crippen molar-refractivity contribution in [2.24, 2.45) is 0 Å². The molecule has 12 heavy (non-hydrogen) atoms. The van der Waals surface area contributed by atoms with Gasteiger partial charge < -0.3 is 0 Å². The lowest BCUT2D eigenvalue weighted by molar-refractivity contribution is 0.112. The molecule has 0 aliphatic carbocycles. The molecular weight excluding hydrogens is 238 g/mol. The Morgan fingerprint density at radius 2 is 2.33 bits per heavy atom. The lowest BCUT2D eigenvalue weighted by atomic mass is 10.4. The van der Waals surface area contributed by atoms with Gasteiger partial charge in [-0.3, -0.25) is 4.79 Å². The van der Waals surface area contributed by atoms with Gasteiger partial charge in [0.1, 0.15) is 4.60 Å². The second-order valence-electron chi connectivity index (χ2n) is 2.28. The molecule has 4 heteroatoms. The molecule has 2 heterocycles. The van der Waals surface area contributed by atoms with Gasteiger partial charge in [-0.05, 0) is 34.1 Å². The van der Waals surface area contributed by atoms with E-state index in [-0.39, 0.29) is 0 Å². The fourth-order valence-electron chi connectivity index (χ4n) is 0.976. The Morgan fingerprint density at radius 1 is 1.50 bits per heavy atom. The van der Waals surface area contributed by atoms with Crippen molar-refractivity contribution in [3.63, 3.8) is 0 Å². The first-order valence-electron chi connectivity index (χ1n) is 3.31. The van der Waals surface area contributed by atoms with E-state index >= 15 is 0 Å². The average Bonchev–Trinajstić information content (AvgIpc) is 2.46. The first-order valence-corrected chi connectivity index (χ1v) is 4.92. The number of rotatable bonds is 1. The average molecular weight is 242 g/mol. The van der Waals surface area contributed by atoms with Crippen molar-refractivity contribution in [3.05, 3.63) is 27.7 Å². The number of aromatic nitrogens is 1. The van der Waals surface area contributed by atoms with Gasteiger partial charge in [-0.2, -0.15) is 0 Å². The summed E-state index contributed by atoms with van der Waals surface area (Å²) in [5.41, 5.74) is 0.872. The molecule has 0 aliphatic rings. The monoisotopic (exact) mass is 241 g/mol. The molecule has 0 aromatic carbocycles. The quantitative estimate of drug-likeness (QED) is 0.568. The number of nitrogens with zero attached hydrogens (tertiary/aromatic N) is 1. The molecule has 0 fully saturated rings. The highest BCUT2D eigenvalue weighted by Crippen LogP contribution is 2.24. The van der Waals surface area contributed by atoms with Crippen LogP contribution in [0.25, 0.3) is 10.2 Å². The molecule has 0 saturated heterocycles. The van der Waals surface area contributed by atoms with Crippen LogP contribution in [-0.2, 0) is 0 Å². The molecule has 0 amide bonds. The van der Waals surface area contributed by atoms with Crippen LogP contribution in [-0.4, -0.2) is 11.3 Å². The summed E-state index contributed by atoms with van der Waals surface area (Å²) in [6.45, 7) is 0. The number of fused-ring (bicyclic) bond motifs is 1. The Kier molecular flexibility index (Phi) is 1.94. The molecule has 0 aliphatic heterocycles. The summed E-state index contributed by atoms with van der Waals surface area (Å²) < 4.78 is 1.84. The smallest absolute Gasteiger partial charge is 0.160 e. The highest BCUT2D eigenvalue weighted by Gasteiger charge is 2.01. The summed E-state index contributed by atoms with van der Waals surface area (Å²) in [7, 11) is 0. The molecule has 0 radical (unpaired) electrons. The van der Waals surface area contributed by atoms with Crippen LogP contribution in [0.4, 0.5) is 0 Å². The van der Waals surface area contributed by atoms with Gasteiger partial charge in [0, 0.05) is 0 Å². The summed E-state index contributed by atoms with van der Waals surface area (Å²) in [6.07, 6.45) is 0.847. The number of thiophene rings is 1. The lowest BCUT2D eigenvalue weighted by Crippen LogP contribution is -1.72. The number of aldehydes is 1. The maximum atomic E-state index is 10.4. The van der Waals surface area contributed by atoms with E-state index in [1.807, 2.05) is 12.1 Å². The summed E-state index contributed by atoms with van der Waals surface area (Å²) in [5, 5.41) is 0. The minimum absolute atomic E-state index is 0.718. The Bertz CT molecular complexity index is 438. The van der Waals surface area contributed by atoms with Crippen molar-refractivity contribution < 1.29 is 4.79 Å². The minimum atomic E-state index is 0.718. The van der Waals surface area contributed by atoms with Gasteiger partial charge in [0.05, 0.1) is 15.1 Å². The van der Waals surface area contributed by atoms with Crippen LogP contribution in [0.3, 0.4) is 0 Å². The standard InChI is InChI=1S/C8H4BrNOS/c9-8-2-1-7-6(10-8)3-5(4-11)12-7/h1-4H. The van der Waals surface area contributed by atoms with Gasteiger partial charge in [0.2, 0.25) is 0 Å². The van der Waals surface area contributed by atoms with Crippen molar-refractivity contribution in [2.45, 2.75) is 0 Å². The van der Waals surface area contributed by atoms with Gasteiger partial charge in [-0.1, -0.05) is 0 Å². The molecule has 2 aromatic heterocycles. The van der Waals surface area contributed by atoms with E-state index in [4.69, 9.17) is 0 Å². The van der Waals surface area contributed by atoms with Crippen molar-refractivity contribution >= 4 is 43.8 Å². The third kappa shape index (κ3) is 1.28. The predicted molar refractivity (Wildman–Crippen MR) is 52.7 cm³/mol. The zero-order valence-electron chi connectivity index (χ0n) is 5.95. The van der Waals surface area contributed by atoms with Crippen LogP contribution in [0, 0.1) is 0 Å². The van der Waals surface area contributed by atoms with Crippen LogP contribution in [0.5, 0.6) is 0 Å². The highest BCUT2D eigenvalue weighted by atomic mass is 79.9. The molecule has 2 rings (SSSR count). The highest BCUT2D eigenvalue weighted by molar-refractivity contribution is 9.10. The van der Waals surface area contributed by atoms with Crippen LogP contribution in [0.15, 0.2) is 22.8 Å². The lowest BCUT2D eigenvalue weighted by Gasteiger charge is -1.87. The zero-order valence-corrected chi connectivity index (χ0v) is 8.35. The van der Waals surface area contributed by atoms with Crippen LogP contribution in [0.2, 0.25) is 0 Å². The second-order valence-corrected chi connectivity index (χ2v) is 4.21. The van der Waals surface area contributed by atoms with E-state index in [0.29, 0.717) is 0 Å². The molecule has 0 spiro atoms. The first kappa shape index (κ1) is 7.89. The first-order chi connectivity index (χ1) is 5.79. The molecule has 0 atom stereocenters. The normalized spacial score (nSPS) is 10.4. The van der Waals surface area contributed by atoms with Gasteiger partial charge in [0.15, 0.2) is 6.29 Å². The maximum Gasteiger partial charge on any atom is 0.160 e. The molecule has 2 nitrogen and oxygen atoms in total. The molecule has 60 valence electrons. The number of carbonyl (C=O) groups excluding carboxylic acids is 1. The molecule has 2 aromatic rings. The van der Waals surface area contributed by atoms with Crippen molar-refractivity contribution in [1.29, 1.82) is 0 Å². The SMILES string of the molecule is O=Cc1cc2nc(Br)ccc2s1. The predicted octanol–water partition coefficient (Wildman–Crippen LogP) is 2.87. The largest absolute Gasteiger partial charge is 0.297 e. The number of pyridine rings is 1. The van der Waals surface area contributed by atoms with Gasteiger partial charge in [0.25, 0.3) is 0 Å². The fourth-order valence-corrected chi connectivity index (χ4v) is 2.12. The molecule has 0 N–H and O–H groups in total. The van der Waals surface area contributed by atoms with Crippen LogP contribution < -0.4 is 0 Å². The van der Waals surface area contributed by atoms with E-state index < -0.39 is 0 Å². The maximum absolute atomic E-state index is 10.4. The minimum Gasteiger partial charge on any atom is -0.297 e. The second kappa shape index (κ2) is 2.95. The molecule has 0 saturated carbocycles. The Balaban J connectivity index is 2.75. The Morgan fingerprint density at radius 3 is 3.08 bits per heavy atom. The summed E-state index contributed by atoms with van der Waals surface area (Å²) in [4.78, 5) is 15.4. The summed E-state index contributed by atoms with van der Waals surface area (Å²) in [6, 6.07) is 5.61. The van der Waals surface area contributed by atoms with E-state index in [1.54, 1.807) is 6.07 Å². The van der Waals surface area contributed by atoms with E-state index in [9.17, 15) is 4.79 Å². The number of hydrogen-bond donors (Lipinski definition) is 0. The molecule has 0 bridgehead atoms. The number of hydrogen-bond acceptors (Lipinski definition) is 3. The summed E-state index contributed by atoms with van der Waals surface area (Å²) in [5.74, 6) is 0. The molecular formula is C8H4BrNOS. The van der Waals surface area contributed by atoms with Gasteiger partial charge in [-0.25, -0.2) is 4.98 Å². The van der Waals surface area contributed by atoms with Crippen molar-refractivity contribution in [2.75, 3.05) is 0 Å². The fraction of sp³-hybridized carbons (Fsp3) is 0. The number of carbonyl (C=O) groups is 1. The van der Waals surface area contributed by atoms with Crippen molar-refractivity contribution in [3.8, 4) is 0 Å². The Labute approximate surface area is 81.4 Å². The van der Waals surface area contributed by atoms with Gasteiger partial charge >= 0.3 is 0 Å². The van der Waals surface area contributed by atoms with Crippen LogP contribution >= 0.6 is 27.3 Å². The third-order valence-electron chi connectivity index (χ3n) is 1.47. The summed E-state index contributed by atoms with van der Waals surface area (Å²) >= 11 is 4.72.